The second-order valence-electron chi connectivity index (χ2n) is 6.30. The van der Waals surface area contributed by atoms with Crippen LogP contribution in [0.2, 0.25) is 0 Å². The molecule has 0 saturated heterocycles. The van der Waals surface area contributed by atoms with E-state index in [9.17, 15) is 5.11 Å². The number of hydrogen-bond acceptors (Lipinski definition) is 1. The van der Waals surface area contributed by atoms with E-state index in [1.165, 1.54) is 49.5 Å². The number of rotatable bonds is 3. The molecule has 1 fully saturated rings. The molecule has 20 heavy (non-hydrogen) atoms. The Labute approximate surface area is 121 Å². The van der Waals surface area contributed by atoms with Crippen LogP contribution in [0.25, 0.3) is 10.8 Å². The Kier molecular flexibility index (Phi) is 3.95. The molecule has 0 unspecified atom stereocenters. The van der Waals surface area contributed by atoms with E-state index in [0.29, 0.717) is 5.75 Å². The Morgan fingerprint density at radius 3 is 2.40 bits per heavy atom. The van der Waals surface area contributed by atoms with Crippen LogP contribution >= 0.6 is 0 Å². The third-order valence-corrected chi connectivity index (χ3v) is 4.86. The van der Waals surface area contributed by atoms with Gasteiger partial charge in [0.15, 0.2) is 0 Å². The highest BCUT2D eigenvalue weighted by Gasteiger charge is 2.21. The molecule has 1 heteroatoms. The van der Waals surface area contributed by atoms with Gasteiger partial charge < -0.3 is 5.11 Å². The summed E-state index contributed by atoms with van der Waals surface area (Å²) in [5, 5.41) is 11.9. The largest absolute Gasteiger partial charge is 0.508 e. The zero-order valence-electron chi connectivity index (χ0n) is 12.3. The average Bonchev–Trinajstić information content (AvgIpc) is 2.48. The van der Waals surface area contributed by atoms with Crippen molar-refractivity contribution in [2.24, 2.45) is 5.92 Å². The monoisotopic (exact) mass is 268 g/mol. The maximum absolute atomic E-state index is 9.53. The minimum Gasteiger partial charge on any atom is -0.508 e. The lowest BCUT2D eigenvalue weighted by Gasteiger charge is -2.28. The van der Waals surface area contributed by atoms with Gasteiger partial charge in [-0.25, -0.2) is 0 Å². The number of benzene rings is 2. The summed E-state index contributed by atoms with van der Waals surface area (Å²) in [4.78, 5) is 0. The summed E-state index contributed by atoms with van der Waals surface area (Å²) >= 11 is 0. The summed E-state index contributed by atoms with van der Waals surface area (Å²) in [5.74, 6) is 2.06. The number of phenolic OH excluding ortho intramolecular Hbond substituents is 1. The highest BCUT2D eigenvalue weighted by molar-refractivity contribution is 5.84. The van der Waals surface area contributed by atoms with Crippen molar-refractivity contribution in [3.05, 3.63) is 42.0 Å². The molecule has 0 atom stereocenters. The molecule has 3 rings (SSSR count). The Balaban J connectivity index is 1.76. The molecule has 1 saturated carbocycles. The maximum Gasteiger partial charge on any atom is 0.116 e. The molecule has 0 bridgehead atoms. The van der Waals surface area contributed by atoms with Crippen LogP contribution in [0.3, 0.4) is 0 Å². The fourth-order valence-corrected chi connectivity index (χ4v) is 3.70. The third-order valence-electron chi connectivity index (χ3n) is 4.86. The van der Waals surface area contributed by atoms with Crippen LogP contribution < -0.4 is 0 Å². The van der Waals surface area contributed by atoms with Crippen LogP contribution in [0.15, 0.2) is 36.4 Å². The van der Waals surface area contributed by atoms with Crippen molar-refractivity contribution in [2.75, 3.05) is 0 Å². The topological polar surface area (TPSA) is 20.2 Å². The van der Waals surface area contributed by atoms with Gasteiger partial charge in [0.25, 0.3) is 0 Å². The predicted octanol–water partition coefficient (Wildman–Crippen LogP) is 5.62. The molecule has 106 valence electrons. The van der Waals surface area contributed by atoms with Crippen LogP contribution in [-0.2, 0) is 0 Å². The van der Waals surface area contributed by atoms with Crippen LogP contribution in [0.4, 0.5) is 0 Å². The molecule has 2 aromatic carbocycles. The highest BCUT2D eigenvalue weighted by Crippen LogP contribution is 2.38. The summed E-state index contributed by atoms with van der Waals surface area (Å²) < 4.78 is 0. The lowest BCUT2D eigenvalue weighted by Crippen LogP contribution is -2.13. The third kappa shape index (κ3) is 2.82. The minimum atomic E-state index is 0.352. The first-order chi connectivity index (χ1) is 9.76. The molecule has 1 nitrogen and oxygen atoms in total. The van der Waals surface area contributed by atoms with E-state index in [1.807, 2.05) is 12.1 Å². The van der Waals surface area contributed by atoms with E-state index in [1.54, 1.807) is 6.07 Å². The Bertz CT molecular complexity index is 579. The summed E-state index contributed by atoms with van der Waals surface area (Å²) in [6, 6.07) is 12.4. The van der Waals surface area contributed by atoms with Gasteiger partial charge in [0.1, 0.15) is 5.75 Å². The average molecular weight is 268 g/mol. The molecule has 2 aromatic rings. The molecule has 0 radical (unpaired) electrons. The summed E-state index contributed by atoms with van der Waals surface area (Å²) in [5.41, 5.74) is 1.48. The summed E-state index contributed by atoms with van der Waals surface area (Å²) in [7, 11) is 0. The maximum atomic E-state index is 9.53. The first kappa shape index (κ1) is 13.5. The van der Waals surface area contributed by atoms with Gasteiger partial charge in [-0.1, -0.05) is 44.0 Å². The van der Waals surface area contributed by atoms with Gasteiger partial charge in [0, 0.05) is 0 Å². The summed E-state index contributed by atoms with van der Waals surface area (Å²) in [6.45, 7) is 2.30. The SMILES string of the molecule is CCCC1CCC(c2ccc3cc(O)ccc3c2)CC1. The Hall–Kier alpha value is -1.50. The molecule has 0 heterocycles. The number of hydrogen-bond donors (Lipinski definition) is 1. The Morgan fingerprint density at radius 1 is 0.950 bits per heavy atom. The molecular formula is C19H24O. The molecule has 1 aliphatic rings. The van der Waals surface area contributed by atoms with Gasteiger partial charge in [0.05, 0.1) is 0 Å². The van der Waals surface area contributed by atoms with Gasteiger partial charge in [-0.3, -0.25) is 0 Å². The number of phenols is 1. The zero-order valence-corrected chi connectivity index (χ0v) is 12.3. The van der Waals surface area contributed by atoms with Gasteiger partial charge in [0.2, 0.25) is 0 Å². The van der Waals surface area contributed by atoms with E-state index in [-0.39, 0.29) is 0 Å². The van der Waals surface area contributed by atoms with Crippen molar-refractivity contribution in [1.82, 2.24) is 0 Å². The number of aromatic hydroxyl groups is 1. The molecular weight excluding hydrogens is 244 g/mol. The second-order valence-corrected chi connectivity index (χ2v) is 6.30. The van der Waals surface area contributed by atoms with Crippen LogP contribution in [0.1, 0.15) is 56.9 Å². The van der Waals surface area contributed by atoms with Gasteiger partial charge >= 0.3 is 0 Å². The minimum absolute atomic E-state index is 0.352. The fraction of sp³-hybridized carbons (Fsp3) is 0.474. The molecule has 1 N–H and O–H groups in total. The van der Waals surface area contributed by atoms with E-state index in [0.717, 1.165) is 17.2 Å². The molecule has 0 aromatic heterocycles. The normalized spacial score (nSPS) is 23.1. The van der Waals surface area contributed by atoms with Crippen molar-refractivity contribution in [1.29, 1.82) is 0 Å². The van der Waals surface area contributed by atoms with Crippen LogP contribution in [0, 0.1) is 5.92 Å². The van der Waals surface area contributed by atoms with E-state index in [4.69, 9.17) is 0 Å². The van der Waals surface area contributed by atoms with E-state index >= 15 is 0 Å². The van der Waals surface area contributed by atoms with Crippen molar-refractivity contribution < 1.29 is 5.11 Å². The standard InChI is InChI=1S/C19H24O/c1-2-3-14-4-6-15(7-5-14)16-8-9-18-13-19(20)11-10-17(18)12-16/h8-15,20H,2-7H2,1H3. The van der Waals surface area contributed by atoms with Gasteiger partial charge in [-0.05, 0) is 66.0 Å². The highest BCUT2D eigenvalue weighted by atomic mass is 16.3. The van der Waals surface area contributed by atoms with Crippen molar-refractivity contribution >= 4 is 10.8 Å². The summed E-state index contributed by atoms with van der Waals surface area (Å²) in [6.07, 6.45) is 8.21. The van der Waals surface area contributed by atoms with Crippen LogP contribution in [0.5, 0.6) is 5.75 Å². The van der Waals surface area contributed by atoms with Crippen molar-refractivity contribution in [3.63, 3.8) is 0 Å². The second kappa shape index (κ2) is 5.87. The first-order valence-corrected chi connectivity index (χ1v) is 7.99. The van der Waals surface area contributed by atoms with E-state index in [2.05, 4.69) is 25.1 Å². The zero-order chi connectivity index (χ0) is 13.9. The number of fused-ring (bicyclic) bond motifs is 1. The lowest BCUT2D eigenvalue weighted by molar-refractivity contribution is 0.308. The quantitative estimate of drug-likeness (QED) is 0.766. The van der Waals surface area contributed by atoms with Gasteiger partial charge in [-0.15, -0.1) is 0 Å². The first-order valence-electron chi connectivity index (χ1n) is 7.99. The smallest absolute Gasteiger partial charge is 0.116 e. The molecule has 0 spiro atoms. The molecule has 1 aliphatic carbocycles. The van der Waals surface area contributed by atoms with Crippen molar-refractivity contribution in [3.8, 4) is 5.75 Å². The Morgan fingerprint density at radius 2 is 1.65 bits per heavy atom. The fourth-order valence-electron chi connectivity index (χ4n) is 3.70. The molecule has 0 amide bonds. The van der Waals surface area contributed by atoms with Crippen LogP contribution in [-0.4, -0.2) is 5.11 Å². The lowest BCUT2D eigenvalue weighted by atomic mass is 9.77. The predicted molar refractivity (Wildman–Crippen MR) is 85.2 cm³/mol. The molecule has 0 aliphatic heterocycles. The van der Waals surface area contributed by atoms with Crippen molar-refractivity contribution in [2.45, 2.75) is 51.4 Å². The van der Waals surface area contributed by atoms with Gasteiger partial charge in [-0.2, -0.15) is 0 Å². The van der Waals surface area contributed by atoms with E-state index < -0.39 is 0 Å².